The second-order valence-corrected chi connectivity index (χ2v) is 7.52. The van der Waals surface area contributed by atoms with Crippen LogP contribution in [0.4, 0.5) is 4.39 Å². The molecule has 118 valence electrons. The van der Waals surface area contributed by atoms with Gasteiger partial charge in [0.1, 0.15) is 10.7 Å². The lowest BCUT2D eigenvalue weighted by molar-refractivity contribution is 0.0620. The second kappa shape index (κ2) is 7.05. The number of rotatable bonds is 5. The number of nitrogens with zero attached hydrogens (tertiary/aromatic N) is 1. The van der Waals surface area contributed by atoms with Gasteiger partial charge in [0.05, 0.1) is 0 Å². The van der Waals surface area contributed by atoms with E-state index in [0.29, 0.717) is 25.3 Å². The summed E-state index contributed by atoms with van der Waals surface area (Å²) >= 11 is 5.69. The van der Waals surface area contributed by atoms with Gasteiger partial charge in [-0.05, 0) is 36.5 Å². The first-order valence-corrected chi connectivity index (χ1v) is 8.81. The molecular weight excluding hydrogens is 317 g/mol. The van der Waals surface area contributed by atoms with Gasteiger partial charge in [0, 0.05) is 32.7 Å². The van der Waals surface area contributed by atoms with E-state index >= 15 is 0 Å². The van der Waals surface area contributed by atoms with Crippen LogP contribution in [0.3, 0.4) is 0 Å². The first-order chi connectivity index (χ1) is 9.95. The maximum Gasteiger partial charge on any atom is 0.245 e. The third kappa shape index (κ3) is 3.94. The Bertz CT molecular complexity index is 588. The average Bonchev–Trinajstić information content (AvgIpc) is 2.48. The van der Waals surface area contributed by atoms with Gasteiger partial charge in [-0.1, -0.05) is 6.07 Å². The van der Waals surface area contributed by atoms with E-state index in [9.17, 15) is 12.8 Å². The number of alkyl halides is 1. The van der Waals surface area contributed by atoms with Gasteiger partial charge in [0.2, 0.25) is 10.0 Å². The van der Waals surface area contributed by atoms with Crippen LogP contribution in [0.5, 0.6) is 0 Å². The molecule has 0 unspecified atom stereocenters. The van der Waals surface area contributed by atoms with Gasteiger partial charge < -0.3 is 4.74 Å². The Morgan fingerprint density at radius 1 is 1.38 bits per heavy atom. The number of halogens is 2. The number of hydrogen-bond donors (Lipinski definition) is 0. The van der Waals surface area contributed by atoms with Crippen LogP contribution >= 0.6 is 11.6 Å². The molecule has 1 heterocycles. The maximum atomic E-state index is 13.9. The van der Waals surface area contributed by atoms with E-state index in [1.54, 1.807) is 0 Å². The van der Waals surface area contributed by atoms with E-state index in [2.05, 4.69) is 0 Å². The molecule has 0 aromatic heterocycles. The van der Waals surface area contributed by atoms with Gasteiger partial charge in [-0.3, -0.25) is 0 Å². The lowest BCUT2D eigenvalue weighted by Gasteiger charge is -2.26. The Kier molecular flexibility index (Phi) is 5.60. The summed E-state index contributed by atoms with van der Waals surface area (Å²) in [6.07, 6.45) is 1.65. The molecular formula is C14H19ClFNO3S. The monoisotopic (exact) mass is 335 g/mol. The highest BCUT2D eigenvalue weighted by Crippen LogP contribution is 2.23. The molecule has 1 aromatic carbocycles. The quantitative estimate of drug-likeness (QED) is 0.777. The number of hydrogen-bond acceptors (Lipinski definition) is 3. The van der Waals surface area contributed by atoms with Gasteiger partial charge in [0.25, 0.3) is 0 Å². The highest BCUT2D eigenvalue weighted by molar-refractivity contribution is 7.89. The molecule has 0 saturated carbocycles. The molecule has 0 atom stereocenters. The van der Waals surface area contributed by atoms with E-state index in [0.717, 1.165) is 18.9 Å². The van der Waals surface area contributed by atoms with Crippen LogP contribution < -0.4 is 0 Å². The molecule has 0 radical (unpaired) electrons. The molecule has 1 aromatic rings. The molecule has 0 amide bonds. The van der Waals surface area contributed by atoms with Gasteiger partial charge in [-0.15, -0.1) is 11.6 Å². The zero-order chi connectivity index (χ0) is 15.5. The fourth-order valence-corrected chi connectivity index (χ4v) is 3.91. The molecule has 2 rings (SSSR count). The summed E-state index contributed by atoms with van der Waals surface area (Å²) in [5.41, 5.74) is 0.580. The van der Waals surface area contributed by atoms with E-state index in [1.165, 1.54) is 23.5 Å². The van der Waals surface area contributed by atoms with Crippen LogP contribution in [0.1, 0.15) is 18.4 Å². The van der Waals surface area contributed by atoms with Crippen molar-refractivity contribution in [3.63, 3.8) is 0 Å². The minimum absolute atomic E-state index is 0.145. The molecule has 1 aliphatic rings. The van der Waals surface area contributed by atoms with Crippen LogP contribution in [0, 0.1) is 11.7 Å². The Morgan fingerprint density at radius 3 is 2.67 bits per heavy atom. The van der Waals surface area contributed by atoms with Gasteiger partial charge in [-0.2, -0.15) is 0 Å². The molecule has 0 bridgehead atoms. The molecule has 1 fully saturated rings. The SMILES string of the molecule is CN(CC1CCOCC1)S(=O)(=O)c1cc(CCl)ccc1F. The molecule has 1 aliphatic heterocycles. The Labute approximate surface area is 129 Å². The summed E-state index contributed by atoms with van der Waals surface area (Å²) in [7, 11) is -2.36. The molecule has 4 nitrogen and oxygen atoms in total. The summed E-state index contributed by atoms with van der Waals surface area (Å²) in [5.74, 6) is -0.354. The lowest BCUT2D eigenvalue weighted by atomic mass is 10.0. The van der Waals surface area contributed by atoms with Crippen LogP contribution in [0.2, 0.25) is 0 Å². The van der Waals surface area contributed by atoms with Crippen LogP contribution in [-0.2, 0) is 20.6 Å². The van der Waals surface area contributed by atoms with E-state index in [-0.39, 0.29) is 16.7 Å². The van der Waals surface area contributed by atoms with Crippen LogP contribution in [-0.4, -0.2) is 39.5 Å². The average molecular weight is 336 g/mol. The summed E-state index contributed by atoms with van der Waals surface area (Å²) in [6.45, 7) is 1.67. The fraction of sp³-hybridized carbons (Fsp3) is 0.571. The summed E-state index contributed by atoms with van der Waals surface area (Å²) in [4.78, 5) is -0.310. The topological polar surface area (TPSA) is 46.6 Å². The third-order valence-corrected chi connectivity index (χ3v) is 5.84. The van der Waals surface area contributed by atoms with Gasteiger partial charge in [0.15, 0.2) is 0 Å². The predicted molar refractivity (Wildman–Crippen MR) is 79.3 cm³/mol. The van der Waals surface area contributed by atoms with Crippen molar-refractivity contribution < 1.29 is 17.5 Å². The van der Waals surface area contributed by atoms with Gasteiger partial charge in [-0.25, -0.2) is 17.1 Å². The highest BCUT2D eigenvalue weighted by atomic mass is 35.5. The number of ether oxygens (including phenoxy) is 1. The molecule has 21 heavy (non-hydrogen) atoms. The minimum atomic E-state index is -3.84. The van der Waals surface area contributed by atoms with Crippen molar-refractivity contribution >= 4 is 21.6 Å². The fourth-order valence-electron chi connectivity index (χ4n) is 2.39. The lowest BCUT2D eigenvalue weighted by Crippen LogP contribution is -2.34. The molecule has 0 spiro atoms. The maximum absolute atomic E-state index is 13.9. The Hall–Kier alpha value is -0.690. The van der Waals surface area contributed by atoms with Crippen molar-refractivity contribution in [1.82, 2.24) is 4.31 Å². The van der Waals surface area contributed by atoms with Gasteiger partial charge >= 0.3 is 0 Å². The molecule has 0 aliphatic carbocycles. The number of sulfonamides is 1. The minimum Gasteiger partial charge on any atom is -0.381 e. The summed E-state index contributed by atoms with van der Waals surface area (Å²) < 4.78 is 45.4. The zero-order valence-electron chi connectivity index (χ0n) is 11.9. The Balaban J connectivity index is 2.20. The number of benzene rings is 1. The largest absolute Gasteiger partial charge is 0.381 e. The molecule has 0 N–H and O–H groups in total. The van der Waals surface area contributed by atoms with Crippen molar-refractivity contribution in [2.24, 2.45) is 5.92 Å². The first-order valence-electron chi connectivity index (χ1n) is 6.83. The molecule has 1 saturated heterocycles. The van der Waals surface area contributed by atoms with Crippen LogP contribution in [0.15, 0.2) is 23.1 Å². The third-order valence-electron chi connectivity index (χ3n) is 3.69. The Morgan fingerprint density at radius 2 is 2.05 bits per heavy atom. The van der Waals surface area contributed by atoms with Crippen LogP contribution in [0.25, 0.3) is 0 Å². The van der Waals surface area contributed by atoms with Crippen molar-refractivity contribution in [3.8, 4) is 0 Å². The normalized spacial score (nSPS) is 17.3. The zero-order valence-corrected chi connectivity index (χ0v) is 13.5. The predicted octanol–water partition coefficient (Wildman–Crippen LogP) is 2.61. The van der Waals surface area contributed by atoms with Crippen molar-refractivity contribution in [2.75, 3.05) is 26.8 Å². The summed E-state index contributed by atoms with van der Waals surface area (Å²) in [6, 6.07) is 3.94. The van der Waals surface area contributed by atoms with Crippen molar-refractivity contribution in [1.29, 1.82) is 0 Å². The summed E-state index contributed by atoms with van der Waals surface area (Å²) in [5, 5.41) is 0. The van der Waals surface area contributed by atoms with Crippen molar-refractivity contribution in [2.45, 2.75) is 23.6 Å². The van der Waals surface area contributed by atoms with E-state index < -0.39 is 15.8 Å². The van der Waals surface area contributed by atoms with E-state index in [1.807, 2.05) is 0 Å². The highest BCUT2D eigenvalue weighted by Gasteiger charge is 2.27. The molecule has 7 heteroatoms. The standard InChI is InChI=1S/C14H19ClFNO3S/c1-17(10-11-4-6-20-7-5-11)21(18,19)14-8-12(9-15)2-3-13(14)16/h2-3,8,11H,4-7,9-10H2,1H3. The van der Waals surface area contributed by atoms with E-state index in [4.69, 9.17) is 16.3 Å². The van der Waals surface area contributed by atoms with Crippen molar-refractivity contribution in [3.05, 3.63) is 29.6 Å². The second-order valence-electron chi connectivity index (χ2n) is 5.24. The smallest absolute Gasteiger partial charge is 0.245 e. The first kappa shape index (κ1) is 16.7.